The number of carbonyl (C=O) groups excluding carboxylic acids is 1. The second-order valence-corrected chi connectivity index (χ2v) is 9.81. The Bertz CT molecular complexity index is 1060. The zero-order valence-corrected chi connectivity index (χ0v) is 19.1. The van der Waals surface area contributed by atoms with Gasteiger partial charge in [0.05, 0.1) is 31.3 Å². The number of hydrogen-bond donors (Lipinski definition) is 1. The van der Waals surface area contributed by atoms with Gasteiger partial charge in [-0.1, -0.05) is 12.1 Å². The molecule has 2 saturated heterocycles. The van der Waals surface area contributed by atoms with Crippen molar-refractivity contribution in [1.82, 2.24) is 9.62 Å². The second kappa shape index (κ2) is 9.76. The fourth-order valence-electron chi connectivity index (χ4n) is 4.12. The molecule has 2 aromatic carbocycles. The van der Waals surface area contributed by atoms with Crippen molar-refractivity contribution >= 4 is 15.9 Å². The van der Waals surface area contributed by atoms with Gasteiger partial charge in [0, 0.05) is 32.4 Å². The zero-order chi connectivity index (χ0) is 23.5. The van der Waals surface area contributed by atoms with Crippen LogP contribution >= 0.6 is 0 Å². The van der Waals surface area contributed by atoms with Crippen molar-refractivity contribution < 1.29 is 31.8 Å². The fraction of sp³-hybridized carbons (Fsp3) is 0.435. The number of ether oxygens (including phenoxy) is 3. The molecule has 0 bridgehead atoms. The number of rotatable bonds is 7. The van der Waals surface area contributed by atoms with Crippen molar-refractivity contribution in [2.45, 2.75) is 36.0 Å². The number of likely N-dealkylation sites (tertiary alicyclic amines) is 1. The largest absolute Gasteiger partial charge is 0.497 e. The van der Waals surface area contributed by atoms with Gasteiger partial charge in [0.1, 0.15) is 11.6 Å². The number of nitrogens with zero attached hydrogens (tertiary/aromatic N) is 1. The normalized spacial score (nSPS) is 18.9. The number of methoxy groups -OCH3 is 1. The molecule has 2 aromatic rings. The Morgan fingerprint density at radius 3 is 2.27 bits per heavy atom. The fourth-order valence-corrected chi connectivity index (χ4v) is 5.34. The van der Waals surface area contributed by atoms with E-state index in [1.54, 1.807) is 29.2 Å². The maximum atomic E-state index is 13.3. The smallest absolute Gasteiger partial charge is 0.241 e. The van der Waals surface area contributed by atoms with Crippen molar-refractivity contribution in [2.75, 3.05) is 33.4 Å². The van der Waals surface area contributed by atoms with E-state index in [1.165, 1.54) is 19.2 Å². The standard InChI is InChI=1S/C23H27FN2O6S/c1-30-19-6-2-17(3-7-19)21(25-33(28,29)20-8-4-18(24)5-9-20)16-22(27)26-12-10-23(11-13-26)31-14-15-32-23/h2-9,21,25H,10-16H2,1H3/t21-/m0/s1. The molecule has 0 radical (unpaired) electrons. The van der Waals surface area contributed by atoms with Crippen LogP contribution in [-0.2, 0) is 24.3 Å². The van der Waals surface area contributed by atoms with Crippen LogP contribution in [0.2, 0.25) is 0 Å². The van der Waals surface area contributed by atoms with E-state index in [1.807, 2.05) is 0 Å². The van der Waals surface area contributed by atoms with Crippen LogP contribution in [0.4, 0.5) is 4.39 Å². The van der Waals surface area contributed by atoms with Crippen molar-refractivity contribution in [3.63, 3.8) is 0 Å². The average Bonchev–Trinajstić information content (AvgIpc) is 3.27. The van der Waals surface area contributed by atoms with Gasteiger partial charge in [-0.15, -0.1) is 0 Å². The lowest BCUT2D eigenvalue weighted by molar-refractivity contribution is -0.187. The molecule has 1 spiro atoms. The summed E-state index contributed by atoms with van der Waals surface area (Å²) in [5, 5.41) is 0. The van der Waals surface area contributed by atoms with Gasteiger partial charge in [-0.3, -0.25) is 4.79 Å². The number of nitrogens with one attached hydrogen (secondary N) is 1. The van der Waals surface area contributed by atoms with Gasteiger partial charge in [-0.25, -0.2) is 17.5 Å². The Balaban J connectivity index is 1.51. The lowest BCUT2D eigenvalue weighted by Gasteiger charge is -2.38. The van der Waals surface area contributed by atoms with Crippen LogP contribution in [0.25, 0.3) is 0 Å². The van der Waals surface area contributed by atoms with Crippen LogP contribution in [0, 0.1) is 5.82 Å². The molecule has 0 aliphatic carbocycles. The molecule has 8 nitrogen and oxygen atoms in total. The monoisotopic (exact) mass is 478 g/mol. The van der Waals surface area contributed by atoms with Gasteiger partial charge in [-0.05, 0) is 42.0 Å². The van der Waals surface area contributed by atoms with Crippen LogP contribution in [0.3, 0.4) is 0 Å². The molecule has 0 saturated carbocycles. The molecule has 4 rings (SSSR count). The summed E-state index contributed by atoms with van der Waals surface area (Å²) in [6, 6.07) is 10.6. The van der Waals surface area contributed by atoms with Crippen molar-refractivity contribution in [3.8, 4) is 5.75 Å². The van der Waals surface area contributed by atoms with Gasteiger partial charge in [-0.2, -0.15) is 0 Å². The third-order valence-corrected chi connectivity index (χ3v) is 7.50. The molecule has 1 atom stereocenters. The molecule has 1 amide bonds. The number of amides is 1. The molecule has 0 unspecified atom stereocenters. The quantitative estimate of drug-likeness (QED) is 0.658. The predicted octanol–water partition coefficient (Wildman–Crippen LogP) is 2.61. The first-order valence-electron chi connectivity index (χ1n) is 10.8. The summed E-state index contributed by atoms with van der Waals surface area (Å²) in [5.74, 6) is -0.696. The first-order valence-corrected chi connectivity index (χ1v) is 12.3. The Hall–Kier alpha value is -2.53. The summed E-state index contributed by atoms with van der Waals surface area (Å²) >= 11 is 0. The molecular formula is C23H27FN2O6S. The van der Waals surface area contributed by atoms with Crippen LogP contribution in [0.5, 0.6) is 5.75 Å². The highest BCUT2D eigenvalue weighted by Gasteiger charge is 2.41. The van der Waals surface area contributed by atoms with Crippen molar-refractivity contribution in [2.24, 2.45) is 0 Å². The minimum Gasteiger partial charge on any atom is -0.497 e. The molecular weight excluding hydrogens is 451 g/mol. The van der Waals surface area contributed by atoms with E-state index in [2.05, 4.69) is 4.72 Å². The number of halogens is 1. The highest BCUT2D eigenvalue weighted by atomic mass is 32.2. The predicted molar refractivity (Wildman–Crippen MR) is 118 cm³/mol. The lowest BCUT2D eigenvalue weighted by atomic mass is 10.0. The Morgan fingerprint density at radius 2 is 1.70 bits per heavy atom. The molecule has 33 heavy (non-hydrogen) atoms. The summed E-state index contributed by atoms with van der Waals surface area (Å²) in [4.78, 5) is 14.7. The van der Waals surface area contributed by atoms with E-state index in [9.17, 15) is 17.6 Å². The summed E-state index contributed by atoms with van der Waals surface area (Å²) in [6.07, 6.45) is 1.09. The lowest BCUT2D eigenvalue weighted by Crippen LogP contribution is -2.48. The molecule has 2 heterocycles. The third-order valence-electron chi connectivity index (χ3n) is 6.01. The van der Waals surface area contributed by atoms with Crippen LogP contribution in [-0.4, -0.2) is 58.4 Å². The van der Waals surface area contributed by atoms with E-state index >= 15 is 0 Å². The van der Waals surface area contributed by atoms with Gasteiger partial charge in [0.15, 0.2) is 5.79 Å². The summed E-state index contributed by atoms with van der Waals surface area (Å²) in [7, 11) is -2.46. The van der Waals surface area contributed by atoms with Crippen LogP contribution < -0.4 is 9.46 Å². The Morgan fingerprint density at radius 1 is 1.09 bits per heavy atom. The molecule has 0 aromatic heterocycles. The van der Waals surface area contributed by atoms with Gasteiger partial charge < -0.3 is 19.1 Å². The number of benzene rings is 2. The minimum absolute atomic E-state index is 0.0680. The van der Waals surface area contributed by atoms with Crippen molar-refractivity contribution in [1.29, 1.82) is 0 Å². The summed E-state index contributed by atoms with van der Waals surface area (Å²) in [6.45, 7) is 2.05. The van der Waals surface area contributed by atoms with E-state index < -0.39 is 27.7 Å². The summed E-state index contributed by atoms with van der Waals surface area (Å²) in [5.41, 5.74) is 0.616. The van der Waals surface area contributed by atoms with E-state index in [0.717, 1.165) is 12.1 Å². The first kappa shape index (κ1) is 23.6. The van der Waals surface area contributed by atoms with Gasteiger partial charge in [0.2, 0.25) is 15.9 Å². The Labute approximate surface area is 192 Å². The SMILES string of the molecule is COc1ccc([C@H](CC(=O)N2CCC3(CC2)OCCO3)NS(=O)(=O)c2ccc(F)cc2)cc1. The van der Waals surface area contributed by atoms with Crippen LogP contribution in [0.15, 0.2) is 53.4 Å². The molecule has 178 valence electrons. The van der Waals surface area contributed by atoms with Gasteiger partial charge >= 0.3 is 0 Å². The van der Waals surface area contributed by atoms with E-state index in [4.69, 9.17) is 14.2 Å². The molecule has 2 fully saturated rings. The van der Waals surface area contributed by atoms with Gasteiger partial charge in [0.25, 0.3) is 0 Å². The van der Waals surface area contributed by atoms with Crippen molar-refractivity contribution in [3.05, 3.63) is 59.9 Å². The molecule has 1 N–H and O–H groups in total. The zero-order valence-electron chi connectivity index (χ0n) is 18.3. The van der Waals surface area contributed by atoms with E-state index in [-0.39, 0.29) is 17.2 Å². The highest BCUT2D eigenvalue weighted by Crippen LogP contribution is 2.32. The molecule has 2 aliphatic heterocycles. The highest BCUT2D eigenvalue weighted by molar-refractivity contribution is 7.89. The van der Waals surface area contributed by atoms with Crippen LogP contribution in [0.1, 0.15) is 30.9 Å². The second-order valence-electron chi connectivity index (χ2n) is 8.09. The number of hydrogen-bond acceptors (Lipinski definition) is 6. The maximum absolute atomic E-state index is 13.3. The minimum atomic E-state index is -3.99. The Kier molecular flexibility index (Phi) is 6.99. The summed E-state index contributed by atoms with van der Waals surface area (Å²) < 4.78 is 58.4. The molecule has 10 heteroatoms. The third kappa shape index (κ3) is 5.52. The first-order chi connectivity index (χ1) is 15.8. The number of sulfonamides is 1. The topological polar surface area (TPSA) is 94.2 Å². The number of piperidine rings is 1. The number of carbonyl (C=O) groups is 1. The molecule has 2 aliphatic rings. The van der Waals surface area contributed by atoms with E-state index in [0.29, 0.717) is 50.5 Å². The average molecular weight is 479 g/mol. The maximum Gasteiger partial charge on any atom is 0.241 e.